The summed E-state index contributed by atoms with van der Waals surface area (Å²) in [5, 5.41) is 9.55. The number of hydrogen-bond donors (Lipinski definition) is 1. The van der Waals surface area contributed by atoms with E-state index < -0.39 is 0 Å². The normalized spacial score (nSPS) is 16.1. The summed E-state index contributed by atoms with van der Waals surface area (Å²) in [4.78, 5) is 0. The van der Waals surface area contributed by atoms with E-state index in [1.54, 1.807) is 0 Å². The first kappa shape index (κ1) is 13.5. The van der Waals surface area contributed by atoms with Crippen molar-refractivity contribution >= 4 is 11.8 Å². The standard InChI is InChI=1S/C16H20OS/c17-11-5-8-14-6-4-7-15(12-14)13-18-16-9-2-1-3-10-16/h4,6-7,12,16-17H,1-3,9-11,13H2. The summed E-state index contributed by atoms with van der Waals surface area (Å²) in [6.45, 7) is -0.0684. The number of rotatable bonds is 3. The number of aliphatic hydroxyl groups excluding tert-OH is 1. The zero-order valence-corrected chi connectivity index (χ0v) is 11.5. The summed E-state index contributed by atoms with van der Waals surface area (Å²) in [5.41, 5.74) is 2.35. The molecule has 0 heterocycles. The van der Waals surface area contributed by atoms with Gasteiger partial charge in [0.2, 0.25) is 0 Å². The fourth-order valence-electron chi connectivity index (χ4n) is 2.33. The molecule has 1 aromatic rings. The van der Waals surface area contributed by atoms with E-state index in [-0.39, 0.29) is 6.61 Å². The van der Waals surface area contributed by atoms with Crippen molar-refractivity contribution in [3.8, 4) is 11.8 Å². The fourth-order valence-corrected chi connectivity index (χ4v) is 3.60. The van der Waals surface area contributed by atoms with Crippen LogP contribution in [-0.2, 0) is 5.75 Å². The van der Waals surface area contributed by atoms with Crippen molar-refractivity contribution in [3.05, 3.63) is 35.4 Å². The average Bonchev–Trinajstić information content (AvgIpc) is 2.44. The predicted octanol–water partition coefficient (Wildman–Crippen LogP) is 3.60. The van der Waals surface area contributed by atoms with Crippen LogP contribution in [0.2, 0.25) is 0 Å². The van der Waals surface area contributed by atoms with E-state index in [4.69, 9.17) is 5.11 Å². The number of aliphatic hydroxyl groups is 1. The van der Waals surface area contributed by atoms with Crippen molar-refractivity contribution in [3.63, 3.8) is 0 Å². The molecule has 1 aromatic carbocycles. The highest BCUT2D eigenvalue weighted by Crippen LogP contribution is 2.30. The maximum Gasteiger partial charge on any atom is 0.104 e. The van der Waals surface area contributed by atoms with Gasteiger partial charge >= 0.3 is 0 Å². The molecule has 1 N–H and O–H groups in total. The van der Waals surface area contributed by atoms with Crippen molar-refractivity contribution in [2.24, 2.45) is 0 Å². The second-order valence-corrected chi connectivity index (χ2v) is 6.02. The molecule has 18 heavy (non-hydrogen) atoms. The molecule has 0 radical (unpaired) electrons. The van der Waals surface area contributed by atoms with Crippen molar-refractivity contribution in [1.82, 2.24) is 0 Å². The lowest BCUT2D eigenvalue weighted by atomic mass is 10.0. The molecule has 0 unspecified atom stereocenters. The molecule has 1 nitrogen and oxygen atoms in total. The Kier molecular flexibility index (Phi) is 5.64. The molecule has 1 saturated carbocycles. The van der Waals surface area contributed by atoms with Crippen LogP contribution in [0.3, 0.4) is 0 Å². The average molecular weight is 260 g/mol. The van der Waals surface area contributed by atoms with Gasteiger partial charge in [0.25, 0.3) is 0 Å². The largest absolute Gasteiger partial charge is 0.384 e. The maximum absolute atomic E-state index is 8.69. The third-order valence-electron chi connectivity index (χ3n) is 3.28. The molecule has 0 saturated heterocycles. The molecule has 1 fully saturated rings. The molecule has 0 atom stereocenters. The van der Waals surface area contributed by atoms with Crippen LogP contribution in [-0.4, -0.2) is 17.0 Å². The molecule has 0 amide bonds. The summed E-state index contributed by atoms with van der Waals surface area (Å²) in [6, 6.07) is 8.36. The number of thioether (sulfide) groups is 1. The first-order valence-corrected chi connectivity index (χ1v) is 7.73. The molecule has 1 aliphatic rings. The smallest absolute Gasteiger partial charge is 0.104 e. The van der Waals surface area contributed by atoms with Gasteiger partial charge in [-0.2, -0.15) is 11.8 Å². The van der Waals surface area contributed by atoms with Gasteiger partial charge in [0, 0.05) is 16.6 Å². The summed E-state index contributed by atoms with van der Waals surface area (Å²) in [6.07, 6.45) is 6.99. The van der Waals surface area contributed by atoms with Crippen LogP contribution >= 0.6 is 11.8 Å². The van der Waals surface area contributed by atoms with Gasteiger partial charge in [-0.1, -0.05) is 43.2 Å². The molecular formula is C16H20OS. The summed E-state index contributed by atoms with van der Waals surface area (Å²) < 4.78 is 0. The minimum absolute atomic E-state index is 0.0684. The summed E-state index contributed by atoms with van der Waals surface area (Å²) in [7, 11) is 0. The third-order valence-corrected chi connectivity index (χ3v) is 4.72. The highest BCUT2D eigenvalue weighted by atomic mass is 32.2. The highest BCUT2D eigenvalue weighted by molar-refractivity contribution is 7.99. The molecule has 0 aromatic heterocycles. The zero-order chi connectivity index (χ0) is 12.6. The topological polar surface area (TPSA) is 20.2 Å². The van der Waals surface area contributed by atoms with E-state index >= 15 is 0 Å². The van der Waals surface area contributed by atoms with Gasteiger partial charge in [0.1, 0.15) is 6.61 Å². The Morgan fingerprint density at radius 2 is 2.06 bits per heavy atom. The molecule has 2 rings (SSSR count). The van der Waals surface area contributed by atoms with Crippen molar-refractivity contribution < 1.29 is 5.11 Å². The van der Waals surface area contributed by atoms with E-state index in [0.717, 1.165) is 16.6 Å². The Bertz CT molecular complexity index is 424. The fraction of sp³-hybridized carbons (Fsp3) is 0.500. The van der Waals surface area contributed by atoms with Gasteiger partial charge in [-0.3, -0.25) is 0 Å². The lowest BCUT2D eigenvalue weighted by Gasteiger charge is -2.20. The molecule has 2 heteroatoms. The predicted molar refractivity (Wildman–Crippen MR) is 78.6 cm³/mol. The zero-order valence-electron chi connectivity index (χ0n) is 10.7. The van der Waals surface area contributed by atoms with Crippen LogP contribution in [0.25, 0.3) is 0 Å². The Labute approximate surface area is 114 Å². The van der Waals surface area contributed by atoms with E-state index in [0.29, 0.717) is 0 Å². The Morgan fingerprint density at radius 3 is 2.83 bits per heavy atom. The minimum Gasteiger partial charge on any atom is -0.384 e. The van der Waals surface area contributed by atoms with E-state index in [9.17, 15) is 0 Å². The van der Waals surface area contributed by atoms with Gasteiger partial charge in [-0.05, 0) is 30.5 Å². The number of hydrogen-bond acceptors (Lipinski definition) is 2. The SMILES string of the molecule is OCC#Cc1cccc(CSC2CCCCC2)c1. The van der Waals surface area contributed by atoms with E-state index in [1.165, 1.54) is 37.7 Å². The monoisotopic (exact) mass is 260 g/mol. The van der Waals surface area contributed by atoms with Gasteiger partial charge in [0.15, 0.2) is 0 Å². The van der Waals surface area contributed by atoms with E-state index in [1.807, 2.05) is 6.07 Å². The Balaban J connectivity index is 1.88. The van der Waals surface area contributed by atoms with Crippen LogP contribution in [0.1, 0.15) is 43.2 Å². The van der Waals surface area contributed by atoms with Crippen LogP contribution in [0, 0.1) is 11.8 Å². The highest BCUT2D eigenvalue weighted by Gasteiger charge is 2.13. The maximum atomic E-state index is 8.69. The Hall–Kier alpha value is -0.910. The quantitative estimate of drug-likeness (QED) is 0.838. The first-order valence-electron chi connectivity index (χ1n) is 6.69. The Morgan fingerprint density at radius 1 is 1.22 bits per heavy atom. The van der Waals surface area contributed by atoms with Gasteiger partial charge in [0.05, 0.1) is 0 Å². The van der Waals surface area contributed by atoms with Crippen molar-refractivity contribution in [2.45, 2.75) is 43.1 Å². The second-order valence-electron chi connectivity index (χ2n) is 4.73. The van der Waals surface area contributed by atoms with Crippen LogP contribution < -0.4 is 0 Å². The van der Waals surface area contributed by atoms with Crippen molar-refractivity contribution in [2.75, 3.05) is 6.61 Å². The summed E-state index contributed by atoms with van der Waals surface area (Å²) in [5.74, 6) is 6.74. The van der Waals surface area contributed by atoms with Gasteiger partial charge in [-0.15, -0.1) is 0 Å². The first-order chi connectivity index (χ1) is 8.88. The minimum atomic E-state index is -0.0684. The number of benzene rings is 1. The molecule has 0 aliphatic heterocycles. The van der Waals surface area contributed by atoms with E-state index in [2.05, 4.69) is 41.8 Å². The molecule has 0 bridgehead atoms. The molecule has 1 aliphatic carbocycles. The lowest BCUT2D eigenvalue weighted by molar-refractivity contribution is 0.350. The molecule has 0 spiro atoms. The summed E-state index contributed by atoms with van der Waals surface area (Å²) >= 11 is 2.09. The van der Waals surface area contributed by atoms with Gasteiger partial charge < -0.3 is 5.11 Å². The van der Waals surface area contributed by atoms with Gasteiger partial charge in [-0.25, -0.2) is 0 Å². The van der Waals surface area contributed by atoms with Crippen LogP contribution in [0.4, 0.5) is 0 Å². The van der Waals surface area contributed by atoms with Crippen LogP contribution in [0.15, 0.2) is 24.3 Å². The molecular weight excluding hydrogens is 240 g/mol. The molecule has 96 valence electrons. The second kappa shape index (κ2) is 7.51. The van der Waals surface area contributed by atoms with Crippen LogP contribution in [0.5, 0.6) is 0 Å². The lowest BCUT2D eigenvalue weighted by Crippen LogP contribution is -2.08. The van der Waals surface area contributed by atoms with Crippen molar-refractivity contribution in [1.29, 1.82) is 0 Å². The third kappa shape index (κ3) is 4.40.